The molecular weight excluding hydrogens is 340 g/mol. The smallest absolute Gasteiger partial charge is 0.186 e. The third kappa shape index (κ3) is 3.16. The maximum atomic E-state index is 6.41. The molecule has 28 heavy (non-hydrogen) atoms. The van der Waals surface area contributed by atoms with E-state index in [4.69, 9.17) is 4.42 Å². The van der Waals surface area contributed by atoms with Gasteiger partial charge in [0.1, 0.15) is 5.58 Å². The fraction of sp³-hybridized carbons (Fsp3) is 0.222. The van der Waals surface area contributed by atoms with Crippen molar-refractivity contribution in [3.8, 4) is 23.0 Å². The third-order valence-corrected chi connectivity index (χ3v) is 5.58. The van der Waals surface area contributed by atoms with Gasteiger partial charge in [0.15, 0.2) is 5.76 Å². The highest BCUT2D eigenvalue weighted by molar-refractivity contribution is 6.02. The van der Waals surface area contributed by atoms with Crippen LogP contribution in [0.1, 0.15) is 39.1 Å². The standard InChI is InChI=1S/C27H25O/c1-16-13-18(3)24(19(4)14-16)26-23(12-11-22-9-7-8-10-22)28-27-21(6)17(2)15-20(5)25(26)27/h7-10,13-15H,1-6H3. The zero-order valence-corrected chi connectivity index (χ0v) is 17.4. The molecule has 2 aromatic carbocycles. The monoisotopic (exact) mass is 365 g/mol. The molecule has 1 aliphatic rings. The lowest BCUT2D eigenvalue weighted by atomic mass is 9.89. The summed E-state index contributed by atoms with van der Waals surface area (Å²) in [7, 11) is 0. The van der Waals surface area contributed by atoms with Gasteiger partial charge in [-0.05, 0) is 107 Å². The van der Waals surface area contributed by atoms with Crippen LogP contribution in [0.3, 0.4) is 0 Å². The SMILES string of the molecule is Cc1cc(C)c(-c2c(C#C[C]3[CH][CH][CH][CH]3)oc3c(C)c(C)cc(C)c23)c(C)c1. The van der Waals surface area contributed by atoms with E-state index >= 15 is 0 Å². The lowest BCUT2D eigenvalue weighted by molar-refractivity contribution is 0.599. The largest absolute Gasteiger partial charge is 0.447 e. The van der Waals surface area contributed by atoms with Gasteiger partial charge in [-0.15, -0.1) is 0 Å². The number of hydrogen-bond donors (Lipinski definition) is 0. The van der Waals surface area contributed by atoms with Gasteiger partial charge in [-0.2, -0.15) is 0 Å². The minimum absolute atomic E-state index is 0.753. The molecule has 5 radical (unpaired) electrons. The Balaban J connectivity index is 2.05. The normalized spacial score (nSPS) is 14.5. The van der Waals surface area contributed by atoms with Crippen molar-refractivity contribution in [1.82, 2.24) is 0 Å². The topological polar surface area (TPSA) is 13.1 Å². The van der Waals surface area contributed by atoms with Crippen LogP contribution in [0, 0.1) is 85.0 Å². The van der Waals surface area contributed by atoms with Crippen molar-refractivity contribution < 1.29 is 4.42 Å². The quantitative estimate of drug-likeness (QED) is 0.437. The molecule has 1 saturated carbocycles. The van der Waals surface area contributed by atoms with E-state index in [1.165, 1.54) is 44.3 Å². The molecule has 1 heteroatoms. The first-order valence-corrected chi connectivity index (χ1v) is 9.72. The molecule has 139 valence electrons. The summed E-state index contributed by atoms with van der Waals surface area (Å²) in [4.78, 5) is 0. The van der Waals surface area contributed by atoms with E-state index in [1.807, 2.05) is 25.7 Å². The molecule has 3 aromatic rings. The van der Waals surface area contributed by atoms with Crippen LogP contribution in [0.25, 0.3) is 22.1 Å². The van der Waals surface area contributed by atoms with Gasteiger partial charge in [0.2, 0.25) is 0 Å². The van der Waals surface area contributed by atoms with Crippen LogP contribution >= 0.6 is 0 Å². The average molecular weight is 365 g/mol. The van der Waals surface area contributed by atoms with Crippen molar-refractivity contribution in [1.29, 1.82) is 0 Å². The van der Waals surface area contributed by atoms with Crippen molar-refractivity contribution in [2.24, 2.45) is 0 Å². The van der Waals surface area contributed by atoms with E-state index in [1.54, 1.807) is 0 Å². The first-order valence-electron chi connectivity index (χ1n) is 9.72. The summed E-state index contributed by atoms with van der Waals surface area (Å²) in [6, 6.07) is 6.74. The van der Waals surface area contributed by atoms with E-state index in [9.17, 15) is 0 Å². The lowest BCUT2D eigenvalue weighted by Crippen LogP contribution is -1.93. The van der Waals surface area contributed by atoms with Crippen LogP contribution in [0.2, 0.25) is 0 Å². The van der Waals surface area contributed by atoms with Crippen LogP contribution < -0.4 is 0 Å². The Morgan fingerprint density at radius 2 is 1.32 bits per heavy atom. The number of hydrogen-bond acceptors (Lipinski definition) is 1. The summed E-state index contributed by atoms with van der Waals surface area (Å²) in [5, 5.41) is 1.19. The number of furan rings is 1. The fourth-order valence-electron chi connectivity index (χ4n) is 4.24. The van der Waals surface area contributed by atoms with Crippen molar-refractivity contribution >= 4 is 11.0 Å². The second-order valence-electron chi connectivity index (χ2n) is 7.84. The molecule has 1 fully saturated rings. The predicted octanol–water partition coefficient (Wildman–Crippen LogP) is 6.71. The first-order chi connectivity index (χ1) is 13.4. The predicted molar refractivity (Wildman–Crippen MR) is 117 cm³/mol. The number of rotatable bonds is 1. The zero-order valence-electron chi connectivity index (χ0n) is 17.4. The number of aryl methyl sites for hydroxylation is 6. The molecule has 1 aliphatic carbocycles. The second-order valence-corrected chi connectivity index (χ2v) is 7.84. The third-order valence-electron chi connectivity index (χ3n) is 5.58. The molecule has 0 saturated heterocycles. The van der Waals surface area contributed by atoms with Gasteiger partial charge in [-0.25, -0.2) is 0 Å². The van der Waals surface area contributed by atoms with Crippen molar-refractivity contribution in [2.45, 2.75) is 41.5 Å². The minimum Gasteiger partial charge on any atom is -0.447 e. The Labute approximate surface area is 169 Å². The number of fused-ring (bicyclic) bond motifs is 1. The Hall–Kier alpha value is -2.46. The van der Waals surface area contributed by atoms with Gasteiger partial charge in [-0.3, -0.25) is 0 Å². The van der Waals surface area contributed by atoms with E-state index in [0.29, 0.717) is 0 Å². The van der Waals surface area contributed by atoms with E-state index in [-0.39, 0.29) is 0 Å². The molecule has 0 N–H and O–H groups in total. The van der Waals surface area contributed by atoms with E-state index < -0.39 is 0 Å². The molecule has 0 spiro atoms. The first kappa shape index (κ1) is 18.9. The Bertz CT molecular complexity index is 1100. The van der Waals surface area contributed by atoms with Gasteiger partial charge in [0, 0.05) is 10.9 Å². The summed E-state index contributed by atoms with van der Waals surface area (Å²) in [6.45, 7) is 12.9. The summed E-state index contributed by atoms with van der Waals surface area (Å²) in [5.41, 5.74) is 10.8. The zero-order chi connectivity index (χ0) is 20.0. The number of benzene rings is 2. The van der Waals surface area contributed by atoms with Crippen LogP contribution in [-0.2, 0) is 0 Å². The maximum Gasteiger partial charge on any atom is 0.186 e. The molecule has 0 amide bonds. The van der Waals surface area contributed by atoms with Gasteiger partial charge < -0.3 is 4.42 Å². The Morgan fingerprint density at radius 3 is 1.96 bits per heavy atom. The minimum atomic E-state index is 0.753. The second kappa shape index (κ2) is 7.17. The van der Waals surface area contributed by atoms with Crippen LogP contribution in [-0.4, -0.2) is 0 Å². The highest BCUT2D eigenvalue weighted by Crippen LogP contribution is 2.42. The highest BCUT2D eigenvalue weighted by Gasteiger charge is 2.22. The molecule has 1 heterocycles. The molecule has 0 aliphatic heterocycles. The van der Waals surface area contributed by atoms with Crippen molar-refractivity contribution in [3.63, 3.8) is 0 Å². The van der Waals surface area contributed by atoms with Crippen LogP contribution in [0.4, 0.5) is 0 Å². The fourth-order valence-corrected chi connectivity index (χ4v) is 4.24. The van der Waals surface area contributed by atoms with Gasteiger partial charge >= 0.3 is 0 Å². The van der Waals surface area contributed by atoms with Gasteiger partial charge in [0.05, 0.1) is 5.92 Å². The molecular formula is C27H25O. The van der Waals surface area contributed by atoms with Crippen molar-refractivity contribution in [2.75, 3.05) is 0 Å². The maximum absolute atomic E-state index is 6.41. The molecule has 1 nitrogen and oxygen atoms in total. The average Bonchev–Trinajstić information content (AvgIpc) is 3.25. The van der Waals surface area contributed by atoms with E-state index in [0.717, 1.165) is 22.8 Å². The summed E-state index contributed by atoms with van der Waals surface area (Å²) >= 11 is 0. The molecule has 1 aromatic heterocycles. The van der Waals surface area contributed by atoms with E-state index in [2.05, 4.69) is 71.6 Å². The van der Waals surface area contributed by atoms with Gasteiger partial charge in [0.25, 0.3) is 0 Å². The van der Waals surface area contributed by atoms with Crippen LogP contribution in [0.15, 0.2) is 22.6 Å². The summed E-state index contributed by atoms with van der Waals surface area (Å²) in [5.74, 6) is 8.36. The summed E-state index contributed by atoms with van der Waals surface area (Å²) in [6.07, 6.45) is 8.07. The molecule has 0 bridgehead atoms. The lowest BCUT2D eigenvalue weighted by Gasteiger charge is -2.12. The highest BCUT2D eigenvalue weighted by atomic mass is 16.3. The Kier molecular flexibility index (Phi) is 4.84. The van der Waals surface area contributed by atoms with Gasteiger partial charge in [-0.1, -0.05) is 29.7 Å². The Morgan fingerprint density at radius 1 is 0.679 bits per heavy atom. The molecule has 0 unspecified atom stereocenters. The summed E-state index contributed by atoms with van der Waals surface area (Å²) < 4.78 is 6.41. The molecule has 0 atom stereocenters. The van der Waals surface area contributed by atoms with Crippen molar-refractivity contribution in [3.05, 3.63) is 88.9 Å². The van der Waals surface area contributed by atoms with Crippen LogP contribution in [0.5, 0.6) is 0 Å². The molecule has 4 rings (SSSR count).